The largest absolute Gasteiger partial charge is 0.383 e. The van der Waals surface area contributed by atoms with Crippen molar-refractivity contribution in [1.29, 1.82) is 0 Å². The molecule has 168 valence electrons. The molecule has 0 unspecified atom stereocenters. The van der Waals surface area contributed by atoms with Gasteiger partial charge in [-0.1, -0.05) is 44.2 Å². The van der Waals surface area contributed by atoms with Gasteiger partial charge in [-0.25, -0.2) is 0 Å². The normalized spacial score (nSPS) is 11.1. The Morgan fingerprint density at radius 3 is 2.56 bits per heavy atom. The van der Waals surface area contributed by atoms with Crippen LogP contribution in [0.25, 0.3) is 10.9 Å². The number of hydrogen-bond donors (Lipinski definition) is 1. The van der Waals surface area contributed by atoms with Crippen LogP contribution in [-0.2, 0) is 9.53 Å². The molecule has 6 nitrogen and oxygen atoms in total. The number of hydrogen-bond acceptors (Lipinski definition) is 4. The van der Waals surface area contributed by atoms with E-state index in [4.69, 9.17) is 9.72 Å². The van der Waals surface area contributed by atoms with E-state index in [1.807, 2.05) is 76.2 Å². The van der Waals surface area contributed by atoms with Crippen molar-refractivity contribution < 1.29 is 14.3 Å². The van der Waals surface area contributed by atoms with E-state index in [9.17, 15) is 9.59 Å². The summed E-state index contributed by atoms with van der Waals surface area (Å²) >= 11 is 0. The molecule has 0 bridgehead atoms. The lowest BCUT2D eigenvalue weighted by Gasteiger charge is -2.23. The van der Waals surface area contributed by atoms with E-state index in [1.54, 1.807) is 7.11 Å². The van der Waals surface area contributed by atoms with Crippen LogP contribution >= 0.6 is 0 Å². The maximum Gasteiger partial charge on any atom is 0.255 e. The number of nitrogens with zero attached hydrogens (tertiary/aromatic N) is 2. The van der Waals surface area contributed by atoms with Gasteiger partial charge in [0.1, 0.15) is 6.54 Å². The van der Waals surface area contributed by atoms with Gasteiger partial charge in [-0.15, -0.1) is 0 Å². The molecular weight excluding hydrogens is 402 g/mol. The molecule has 0 saturated carbocycles. The first-order valence-corrected chi connectivity index (χ1v) is 10.9. The Balaban J connectivity index is 1.91. The Labute approximate surface area is 189 Å². The van der Waals surface area contributed by atoms with E-state index >= 15 is 0 Å². The molecule has 0 saturated heterocycles. The van der Waals surface area contributed by atoms with E-state index in [0.29, 0.717) is 18.7 Å². The molecule has 0 aliphatic heterocycles. The van der Waals surface area contributed by atoms with Crippen LogP contribution in [0.3, 0.4) is 0 Å². The van der Waals surface area contributed by atoms with Crippen LogP contribution in [0.4, 0.5) is 5.69 Å². The molecule has 1 N–H and O–H groups in total. The lowest BCUT2D eigenvalue weighted by molar-refractivity contribution is -0.117. The topological polar surface area (TPSA) is 71.5 Å². The van der Waals surface area contributed by atoms with Crippen molar-refractivity contribution in [3.05, 3.63) is 70.9 Å². The van der Waals surface area contributed by atoms with Crippen molar-refractivity contribution in [3.8, 4) is 0 Å². The van der Waals surface area contributed by atoms with Crippen LogP contribution in [0.2, 0.25) is 0 Å². The SMILES string of the molecule is COCCN(CC(=O)Nc1cccc(C)c1C)C(=O)c1cc(C(C)C)nc2ccccc12. The van der Waals surface area contributed by atoms with E-state index in [2.05, 4.69) is 5.32 Å². The summed E-state index contributed by atoms with van der Waals surface area (Å²) in [6.07, 6.45) is 0. The fraction of sp³-hybridized carbons (Fsp3) is 0.346. The Morgan fingerprint density at radius 2 is 1.84 bits per heavy atom. The zero-order valence-electron chi connectivity index (χ0n) is 19.4. The minimum atomic E-state index is -0.245. The van der Waals surface area contributed by atoms with E-state index in [0.717, 1.165) is 33.4 Å². The summed E-state index contributed by atoms with van der Waals surface area (Å²) in [6, 6.07) is 15.2. The summed E-state index contributed by atoms with van der Waals surface area (Å²) in [5.41, 5.74) is 5.03. The molecule has 2 amide bonds. The quantitative estimate of drug-likeness (QED) is 0.559. The molecular formula is C26H31N3O3. The molecule has 6 heteroatoms. The molecule has 0 fully saturated rings. The average molecular weight is 434 g/mol. The van der Waals surface area contributed by atoms with Crippen LogP contribution in [-0.4, -0.2) is 48.5 Å². The number of ether oxygens (including phenoxy) is 1. The molecule has 0 spiro atoms. The van der Waals surface area contributed by atoms with Gasteiger partial charge in [-0.2, -0.15) is 0 Å². The molecule has 0 radical (unpaired) electrons. The minimum Gasteiger partial charge on any atom is -0.383 e. The first kappa shape index (κ1) is 23.4. The fourth-order valence-electron chi connectivity index (χ4n) is 3.54. The predicted octanol–water partition coefficient (Wildman–Crippen LogP) is 4.70. The smallest absolute Gasteiger partial charge is 0.255 e. The first-order valence-electron chi connectivity index (χ1n) is 10.9. The van der Waals surface area contributed by atoms with Gasteiger partial charge in [0.15, 0.2) is 0 Å². The average Bonchev–Trinajstić information content (AvgIpc) is 2.78. The molecule has 0 aliphatic rings. The minimum absolute atomic E-state index is 0.0662. The van der Waals surface area contributed by atoms with Gasteiger partial charge in [0, 0.05) is 30.4 Å². The van der Waals surface area contributed by atoms with Gasteiger partial charge < -0.3 is 15.0 Å². The van der Waals surface area contributed by atoms with Gasteiger partial charge in [-0.05, 0) is 49.1 Å². The van der Waals surface area contributed by atoms with Crippen LogP contribution < -0.4 is 5.32 Å². The maximum absolute atomic E-state index is 13.6. The Hall–Kier alpha value is -3.25. The molecule has 1 aromatic heterocycles. The zero-order chi connectivity index (χ0) is 23.3. The number of benzene rings is 2. The summed E-state index contributed by atoms with van der Waals surface area (Å²) < 4.78 is 5.20. The Kier molecular flexibility index (Phi) is 7.59. The van der Waals surface area contributed by atoms with Gasteiger partial charge in [0.2, 0.25) is 5.91 Å². The number of pyridine rings is 1. The van der Waals surface area contributed by atoms with Crippen LogP contribution in [0.1, 0.15) is 46.9 Å². The van der Waals surface area contributed by atoms with E-state index < -0.39 is 0 Å². The number of carbonyl (C=O) groups excluding carboxylic acids is 2. The zero-order valence-corrected chi connectivity index (χ0v) is 19.4. The fourth-order valence-corrected chi connectivity index (χ4v) is 3.54. The molecule has 3 aromatic rings. The van der Waals surface area contributed by atoms with Gasteiger partial charge in [0.05, 0.1) is 17.7 Å². The monoisotopic (exact) mass is 433 g/mol. The highest BCUT2D eigenvalue weighted by Crippen LogP contribution is 2.24. The number of methoxy groups -OCH3 is 1. The number of fused-ring (bicyclic) bond motifs is 1. The summed E-state index contributed by atoms with van der Waals surface area (Å²) in [7, 11) is 1.58. The number of para-hydroxylation sites is 1. The van der Waals surface area contributed by atoms with Crippen molar-refractivity contribution in [3.63, 3.8) is 0 Å². The van der Waals surface area contributed by atoms with E-state index in [1.165, 1.54) is 4.90 Å². The van der Waals surface area contributed by atoms with E-state index in [-0.39, 0.29) is 24.3 Å². The summed E-state index contributed by atoms with van der Waals surface area (Å²) in [4.78, 5) is 32.7. The van der Waals surface area contributed by atoms with Crippen molar-refractivity contribution in [2.45, 2.75) is 33.6 Å². The summed E-state index contributed by atoms with van der Waals surface area (Å²) in [6.45, 7) is 8.64. The second-order valence-corrected chi connectivity index (χ2v) is 8.28. The molecule has 2 aromatic carbocycles. The third kappa shape index (κ3) is 5.32. The standard InChI is InChI=1S/C26H31N3O3/c1-17(2)24-15-21(20-10-6-7-11-23(20)27-24)26(31)29(13-14-32-5)16-25(30)28-22-12-8-9-18(3)19(22)4/h6-12,15,17H,13-14,16H2,1-5H3,(H,28,30). The molecule has 3 rings (SSSR count). The second-order valence-electron chi connectivity index (χ2n) is 8.28. The highest BCUT2D eigenvalue weighted by molar-refractivity contribution is 6.07. The lowest BCUT2D eigenvalue weighted by atomic mass is 10.0. The Bertz CT molecular complexity index is 1120. The Morgan fingerprint density at radius 1 is 1.09 bits per heavy atom. The molecule has 0 atom stereocenters. The number of amides is 2. The third-order valence-corrected chi connectivity index (χ3v) is 5.62. The van der Waals surface area contributed by atoms with Crippen LogP contribution in [0.15, 0.2) is 48.5 Å². The van der Waals surface area contributed by atoms with Gasteiger partial charge in [0.25, 0.3) is 5.91 Å². The van der Waals surface area contributed by atoms with Gasteiger partial charge in [-0.3, -0.25) is 14.6 Å². The summed E-state index contributed by atoms with van der Waals surface area (Å²) in [5.74, 6) is -0.282. The first-order chi connectivity index (χ1) is 15.3. The maximum atomic E-state index is 13.6. The molecule has 0 aliphatic carbocycles. The van der Waals surface area contributed by atoms with Crippen molar-refractivity contribution in [2.75, 3.05) is 32.1 Å². The van der Waals surface area contributed by atoms with Crippen LogP contribution in [0, 0.1) is 13.8 Å². The lowest BCUT2D eigenvalue weighted by Crippen LogP contribution is -2.40. The van der Waals surface area contributed by atoms with Crippen molar-refractivity contribution in [1.82, 2.24) is 9.88 Å². The highest BCUT2D eigenvalue weighted by atomic mass is 16.5. The second kappa shape index (κ2) is 10.4. The number of nitrogens with one attached hydrogen (secondary N) is 1. The summed E-state index contributed by atoms with van der Waals surface area (Å²) in [5, 5.41) is 3.72. The highest BCUT2D eigenvalue weighted by Gasteiger charge is 2.22. The number of anilines is 1. The number of aromatic nitrogens is 1. The van der Waals surface area contributed by atoms with Crippen molar-refractivity contribution >= 4 is 28.4 Å². The molecule has 32 heavy (non-hydrogen) atoms. The van der Waals surface area contributed by atoms with Crippen LogP contribution in [0.5, 0.6) is 0 Å². The third-order valence-electron chi connectivity index (χ3n) is 5.62. The number of carbonyl (C=O) groups is 2. The van der Waals surface area contributed by atoms with Crippen molar-refractivity contribution in [2.24, 2.45) is 0 Å². The predicted molar refractivity (Wildman–Crippen MR) is 128 cm³/mol. The number of rotatable bonds is 8. The molecule has 1 heterocycles. The van der Waals surface area contributed by atoms with Gasteiger partial charge >= 0.3 is 0 Å². The number of aryl methyl sites for hydroxylation is 1.